The molecular weight excluding hydrogens is 390 g/mol. The van der Waals surface area contributed by atoms with Crippen molar-refractivity contribution in [3.8, 4) is 5.75 Å². The van der Waals surface area contributed by atoms with Gasteiger partial charge in [-0.3, -0.25) is 4.79 Å². The number of carbonyl (C=O) groups excluding carboxylic acids is 1. The van der Waals surface area contributed by atoms with Gasteiger partial charge in [-0.15, -0.1) is 0 Å². The van der Waals surface area contributed by atoms with Gasteiger partial charge in [-0.05, 0) is 36.2 Å². The van der Waals surface area contributed by atoms with Crippen LogP contribution in [0.2, 0.25) is 0 Å². The van der Waals surface area contributed by atoms with Gasteiger partial charge in [0.25, 0.3) is 0 Å². The van der Waals surface area contributed by atoms with Gasteiger partial charge in [0.2, 0.25) is 5.91 Å². The summed E-state index contributed by atoms with van der Waals surface area (Å²) < 4.78 is 6.79. The largest absolute Gasteiger partial charge is 0.487 e. The number of benzene rings is 3. The van der Waals surface area contributed by atoms with Gasteiger partial charge in [-0.25, -0.2) is 0 Å². The van der Waals surface area contributed by atoms with Gasteiger partial charge in [0.15, 0.2) is 0 Å². The van der Waals surface area contributed by atoms with E-state index in [0.717, 1.165) is 15.6 Å². The molecule has 0 fully saturated rings. The van der Waals surface area contributed by atoms with E-state index in [0.29, 0.717) is 24.5 Å². The zero-order chi connectivity index (χ0) is 18.4. The molecule has 132 valence electrons. The van der Waals surface area contributed by atoms with Gasteiger partial charge in [-0.1, -0.05) is 76.1 Å². The molecule has 4 heteroatoms. The predicted octanol–water partition coefficient (Wildman–Crippen LogP) is 5.52. The van der Waals surface area contributed by atoms with Crippen molar-refractivity contribution < 1.29 is 9.53 Å². The fourth-order valence-corrected chi connectivity index (χ4v) is 2.91. The third-order valence-electron chi connectivity index (χ3n) is 3.94. The number of amides is 1. The highest BCUT2D eigenvalue weighted by atomic mass is 79.9. The second-order valence-electron chi connectivity index (χ2n) is 6.13. The van der Waals surface area contributed by atoms with Crippen LogP contribution in [0, 0.1) is 6.92 Å². The van der Waals surface area contributed by atoms with Crippen molar-refractivity contribution in [3.05, 3.63) is 94.0 Å². The van der Waals surface area contributed by atoms with Gasteiger partial charge in [0, 0.05) is 4.47 Å². The Hall–Kier alpha value is -2.59. The zero-order valence-electron chi connectivity index (χ0n) is 14.5. The van der Waals surface area contributed by atoms with E-state index in [9.17, 15) is 4.79 Å². The molecule has 1 N–H and O–H groups in total. The summed E-state index contributed by atoms with van der Waals surface area (Å²) in [5.74, 6) is 0.575. The molecule has 0 aromatic heterocycles. The van der Waals surface area contributed by atoms with Crippen LogP contribution in [0.4, 0.5) is 5.69 Å². The standard InChI is InChI=1S/C22H20BrNO2/c1-16-7-9-17(10-8-16)13-22(25)24-20-14-19(23)11-12-21(20)26-15-18-5-3-2-4-6-18/h2-12,14H,13,15H2,1H3,(H,24,25). The van der Waals surface area contributed by atoms with Crippen molar-refractivity contribution in [2.24, 2.45) is 0 Å². The molecule has 0 aliphatic heterocycles. The quantitative estimate of drug-likeness (QED) is 0.581. The lowest BCUT2D eigenvalue weighted by Crippen LogP contribution is -2.15. The smallest absolute Gasteiger partial charge is 0.228 e. The average Bonchev–Trinajstić information content (AvgIpc) is 2.64. The molecule has 0 atom stereocenters. The van der Waals surface area contributed by atoms with E-state index in [1.807, 2.05) is 79.7 Å². The molecule has 3 nitrogen and oxygen atoms in total. The van der Waals surface area contributed by atoms with Crippen molar-refractivity contribution in [3.63, 3.8) is 0 Å². The Morgan fingerprint density at radius 2 is 1.69 bits per heavy atom. The molecule has 0 unspecified atom stereocenters. The highest BCUT2D eigenvalue weighted by Crippen LogP contribution is 2.29. The van der Waals surface area contributed by atoms with Crippen molar-refractivity contribution in [1.29, 1.82) is 0 Å². The average molecular weight is 410 g/mol. The lowest BCUT2D eigenvalue weighted by Gasteiger charge is -2.13. The lowest BCUT2D eigenvalue weighted by molar-refractivity contribution is -0.115. The minimum atomic E-state index is -0.0727. The van der Waals surface area contributed by atoms with Crippen molar-refractivity contribution >= 4 is 27.5 Å². The number of ether oxygens (including phenoxy) is 1. The second-order valence-corrected chi connectivity index (χ2v) is 7.04. The predicted molar refractivity (Wildman–Crippen MR) is 108 cm³/mol. The SMILES string of the molecule is Cc1ccc(CC(=O)Nc2cc(Br)ccc2OCc2ccccc2)cc1. The number of anilines is 1. The van der Waals surface area contributed by atoms with Crippen LogP contribution in [0.3, 0.4) is 0 Å². The molecule has 0 aliphatic carbocycles. The Balaban J connectivity index is 1.68. The summed E-state index contributed by atoms with van der Waals surface area (Å²) in [6.07, 6.45) is 0.324. The second kappa shape index (κ2) is 8.68. The van der Waals surface area contributed by atoms with Gasteiger partial charge < -0.3 is 10.1 Å². The maximum Gasteiger partial charge on any atom is 0.228 e. The summed E-state index contributed by atoms with van der Waals surface area (Å²) >= 11 is 3.45. The molecule has 3 rings (SSSR count). The number of hydrogen-bond acceptors (Lipinski definition) is 2. The first-order chi connectivity index (χ1) is 12.6. The van der Waals surface area contributed by atoms with E-state index in [-0.39, 0.29) is 5.91 Å². The van der Waals surface area contributed by atoms with Crippen LogP contribution in [0.1, 0.15) is 16.7 Å². The van der Waals surface area contributed by atoms with E-state index in [4.69, 9.17) is 4.74 Å². The topological polar surface area (TPSA) is 38.3 Å². The maximum atomic E-state index is 12.4. The molecular formula is C22H20BrNO2. The lowest BCUT2D eigenvalue weighted by atomic mass is 10.1. The molecule has 0 saturated heterocycles. The minimum Gasteiger partial charge on any atom is -0.487 e. The normalized spacial score (nSPS) is 10.4. The van der Waals surface area contributed by atoms with E-state index in [1.54, 1.807) is 0 Å². The maximum absolute atomic E-state index is 12.4. The summed E-state index contributed by atoms with van der Waals surface area (Å²) in [6, 6.07) is 23.5. The van der Waals surface area contributed by atoms with Gasteiger partial charge >= 0.3 is 0 Å². The molecule has 26 heavy (non-hydrogen) atoms. The van der Waals surface area contributed by atoms with Crippen LogP contribution < -0.4 is 10.1 Å². The van der Waals surface area contributed by atoms with Crippen LogP contribution in [0.15, 0.2) is 77.3 Å². The zero-order valence-corrected chi connectivity index (χ0v) is 16.1. The van der Waals surface area contributed by atoms with Crippen molar-refractivity contribution in [1.82, 2.24) is 0 Å². The number of hydrogen-bond donors (Lipinski definition) is 1. The molecule has 1 amide bonds. The fraction of sp³-hybridized carbons (Fsp3) is 0.136. The van der Waals surface area contributed by atoms with E-state index < -0.39 is 0 Å². The Bertz CT molecular complexity index is 876. The van der Waals surface area contributed by atoms with Crippen LogP contribution in [-0.2, 0) is 17.8 Å². The number of rotatable bonds is 6. The van der Waals surface area contributed by atoms with Gasteiger partial charge in [0.05, 0.1) is 12.1 Å². The third kappa shape index (κ3) is 5.20. The molecule has 0 spiro atoms. The van der Waals surface area contributed by atoms with Crippen LogP contribution in [0.5, 0.6) is 5.75 Å². The molecule has 0 saturated carbocycles. The first kappa shape index (κ1) is 18.2. The summed E-state index contributed by atoms with van der Waals surface area (Å²) in [5.41, 5.74) is 3.90. The van der Waals surface area contributed by atoms with E-state index in [2.05, 4.69) is 21.2 Å². The Morgan fingerprint density at radius 3 is 2.42 bits per heavy atom. The van der Waals surface area contributed by atoms with E-state index >= 15 is 0 Å². The number of carbonyl (C=O) groups is 1. The molecule has 0 radical (unpaired) electrons. The Morgan fingerprint density at radius 1 is 0.962 bits per heavy atom. The van der Waals surface area contributed by atoms with Crippen LogP contribution in [0.25, 0.3) is 0 Å². The van der Waals surface area contributed by atoms with Crippen molar-refractivity contribution in [2.75, 3.05) is 5.32 Å². The summed E-state index contributed by atoms with van der Waals surface area (Å²) in [5, 5.41) is 2.96. The molecule has 0 bridgehead atoms. The highest BCUT2D eigenvalue weighted by molar-refractivity contribution is 9.10. The summed E-state index contributed by atoms with van der Waals surface area (Å²) in [7, 11) is 0. The molecule has 0 heterocycles. The highest BCUT2D eigenvalue weighted by Gasteiger charge is 2.10. The summed E-state index contributed by atoms with van der Waals surface area (Å²) in [6.45, 7) is 2.48. The third-order valence-corrected chi connectivity index (χ3v) is 4.43. The number of nitrogens with one attached hydrogen (secondary N) is 1. The van der Waals surface area contributed by atoms with Crippen LogP contribution >= 0.6 is 15.9 Å². The minimum absolute atomic E-state index is 0.0727. The first-order valence-electron chi connectivity index (χ1n) is 8.42. The molecule has 3 aromatic carbocycles. The van der Waals surface area contributed by atoms with E-state index in [1.165, 1.54) is 5.56 Å². The Labute approximate surface area is 162 Å². The number of aryl methyl sites for hydroxylation is 1. The first-order valence-corrected chi connectivity index (χ1v) is 9.21. The molecule has 3 aromatic rings. The monoisotopic (exact) mass is 409 g/mol. The van der Waals surface area contributed by atoms with Crippen molar-refractivity contribution in [2.45, 2.75) is 20.0 Å². The van der Waals surface area contributed by atoms with Crippen LogP contribution in [-0.4, -0.2) is 5.91 Å². The number of halogens is 1. The Kier molecular flexibility index (Phi) is 6.08. The molecule has 0 aliphatic rings. The summed E-state index contributed by atoms with van der Waals surface area (Å²) in [4.78, 5) is 12.4. The van der Waals surface area contributed by atoms with Gasteiger partial charge in [0.1, 0.15) is 12.4 Å². The van der Waals surface area contributed by atoms with Gasteiger partial charge in [-0.2, -0.15) is 0 Å². The fourth-order valence-electron chi connectivity index (χ4n) is 2.55.